The van der Waals surface area contributed by atoms with Crippen LogP contribution in [0.3, 0.4) is 0 Å². The minimum absolute atomic E-state index is 0.0216. The van der Waals surface area contributed by atoms with Crippen molar-refractivity contribution in [1.82, 2.24) is 14.8 Å². The molecule has 1 N–H and O–H groups in total. The van der Waals surface area contributed by atoms with E-state index in [2.05, 4.69) is 9.88 Å². The molecular formula is C16H21Cl2N3O2. The van der Waals surface area contributed by atoms with E-state index in [0.29, 0.717) is 23.1 Å². The van der Waals surface area contributed by atoms with E-state index in [1.165, 1.54) is 0 Å². The number of aliphatic hydroxyl groups excluding tert-OH is 1. The van der Waals surface area contributed by atoms with E-state index in [1.54, 1.807) is 17.3 Å². The number of carbonyl (C=O) groups is 1. The molecule has 0 aliphatic carbocycles. The van der Waals surface area contributed by atoms with Crippen molar-refractivity contribution in [3.05, 3.63) is 28.0 Å². The largest absolute Gasteiger partial charge is 0.395 e. The summed E-state index contributed by atoms with van der Waals surface area (Å²) in [4.78, 5) is 20.8. The number of aromatic nitrogens is 1. The van der Waals surface area contributed by atoms with E-state index in [-0.39, 0.29) is 17.9 Å². The molecule has 5 nitrogen and oxygen atoms in total. The van der Waals surface area contributed by atoms with Gasteiger partial charge in [-0.1, -0.05) is 23.2 Å². The van der Waals surface area contributed by atoms with Crippen molar-refractivity contribution < 1.29 is 9.90 Å². The average molecular weight is 358 g/mol. The molecule has 2 aliphatic rings. The standard InChI is InChI=1S/C16H21Cl2N3O2/c17-13-8-19-9-14(18)12(13)10-20-5-3-16(11-20)2-1-4-21(6-7-22)15(16)23/h8-9,22H,1-7,10-11H2/t16-/m1/s1. The van der Waals surface area contributed by atoms with Gasteiger partial charge in [-0.2, -0.15) is 0 Å². The Morgan fingerprint density at radius 2 is 1.96 bits per heavy atom. The van der Waals surface area contributed by atoms with Gasteiger partial charge in [0, 0.05) is 44.1 Å². The molecular weight excluding hydrogens is 337 g/mol. The van der Waals surface area contributed by atoms with Crippen molar-refractivity contribution >= 4 is 29.1 Å². The third-order valence-electron chi connectivity index (χ3n) is 4.96. The summed E-state index contributed by atoms with van der Waals surface area (Å²) in [5.74, 6) is 0.187. The molecule has 0 saturated carbocycles. The number of pyridine rings is 1. The summed E-state index contributed by atoms with van der Waals surface area (Å²) in [6.07, 6.45) is 5.97. The first-order chi connectivity index (χ1) is 11.1. The third kappa shape index (κ3) is 3.33. The fourth-order valence-electron chi connectivity index (χ4n) is 3.77. The van der Waals surface area contributed by atoms with Crippen LogP contribution in [-0.4, -0.2) is 58.6 Å². The quantitative estimate of drug-likeness (QED) is 0.897. The number of carbonyl (C=O) groups excluding carboxylic acids is 1. The monoisotopic (exact) mass is 357 g/mol. The first kappa shape index (κ1) is 17.0. The number of hydrogen-bond donors (Lipinski definition) is 1. The smallest absolute Gasteiger partial charge is 0.230 e. The molecule has 2 aliphatic heterocycles. The Kier molecular flexibility index (Phi) is 5.11. The number of amides is 1. The van der Waals surface area contributed by atoms with Crippen LogP contribution in [0, 0.1) is 5.41 Å². The van der Waals surface area contributed by atoms with Gasteiger partial charge in [0.25, 0.3) is 0 Å². The summed E-state index contributed by atoms with van der Waals surface area (Å²) >= 11 is 12.4. The van der Waals surface area contributed by atoms with Crippen molar-refractivity contribution in [2.24, 2.45) is 5.41 Å². The number of halogens is 2. The number of hydrogen-bond acceptors (Lipinski definition) is 4. The predicted octanol–water partition coefficient (Wildman–Crippen LogP) is 2.20. The summed E-state index contributed by atoms with van der Waals surface area (Å²) in [7, 11) is 0. The van der Waals surface area contributed by atoms with E-state index in [9.17, 15) is 4.79 Å². The molecule has 3 rings (SSSR count). The average Bonchev–Trinajstić information content (AvgIpc) is 2.92. The zero-order valence-electron chi connectivity index (χ0n) is 13.0. The fraction of sp³-hybridized carbons (Fsp3) is 0.625. The third-order valence-corrected chi connectivity index (χ3v) is 5.61. The van der Waals surface area contributed by atoms with Crippen LogP contribution in [0.5, 0.6) is 0 Å². The van der Waals surface area contributed by atoms with Crippen LogP contribution in [0.4, 0.5) is 0 Å². The maximum absolute atomic E-state index is 12.8. The molecule has 7 heteroatoms. The second-order valence-corrected chi connectivity index (χ2v) is 7.26. The Morgan fingerprint density at radius 1 is 1.22 bits per heavy atom. The van der Waals surface area contributed by atoms with Crippen molar-refractivity contribution in [1.29, 1.82) is 0 Å². The van der Waals surface area contributed by atoms with Crippen LogP contribution >= 0.6 is 23.2 Å². The highest BCUT2D eigenvalue weighted by Crippen LogP contribution is 2.41. The molecule has 3 heterocycles. The lowest BCUT2D eigenvalue weighted by Gasteiger charge is -2.39. The van der Waals surface area contributed by atoms with Crippen LogP contribution in [0.1, 0.15) is 24.8 Å². The molecule has 1 spiro atoms. The molecule has 0 unspecified atom stereocenters. The summed E-state index contributed by atoms with van der Waals surface area (Å²) < 4.78 is 0. The number of piperidine rings is 1. The summed E-state index contributed by atoms with van der Waals surface area (Å²) in [5.41, 5.74) is 0.565. The van der Waals surface area contributed by atoms with E-state index < -0.39 is 0 Å². The van der Waals surface area contributed by atoms with E-state index >= 15 is 0 Å². The number of likely N-dealkylation sites (tertiary alicyclic amines) is 2. The van der Waals surface area contributed by atoms with Gasteiger partial charge >= 0.3 is 0 Å². The topological polar surface area (TPSA) is 56.7 Å². The minimum atomic E-state index is -0.306. The minimum Gasteiger partial charge on any atom is -0.395 e. The number of β-amino-alcohol motifs (C(OH)–C–C–N with tert-alkyl or cyclic N) is 1. The number of rotatable bonds is 4. The SMILES string of the molecule is O=C1N(CCO)CCC[C@]12CCN(Cc1c(Cl)cncc1Cl)C2. The molecule has 1 atom stereocenters. The Morgan fingerprint density at radius 3 is 2.65 bits per heavy atom. The molecule has 0 aromatic carbocycles. The zero-order chi connectivity index (χ0) is 16.4. The maximum Gasteiger partial charge on any atom is 0.230 e. The van der Waals surface area contributed by atoms with Gasteiger partial charge in [-0.3, -0.25) is 14.7 Å². The second kappa shape index (κ2) is 6.93. The molecule has 2 fully saturated rings. The van der Waals surface area contributed by atoms with Crippen LogP contribution in [0.25, 0.3) is 0 Å². The molecule has 2 saturated heterocycles. The molecule has 0 radical (unpaired) electrons. The molecule has 1 amide bonds. The lowest BCUT2D eigenvalue weighted by molar-refractivity contribution is -0.146. The van der Waals surface area contributed by atoms with Crippen LogP contribution < -0.4 is 0 Å². The second-order valence-electron chi connectivity index (χ2n) is 6.44. The van der Waals surface area contributed by atoms with Gasteiger partial charge in [0.15, 0.2) is 0 Å². The lowest BCUT2D eigenvalue weighted by Crippen LogP contribution is -2.50. The highest BCUT2D eigenvalue weighted by molar-refractivity contribution is 6.35. The highest BCUT2D eigenvalue weighted by atomic mass is 35.5. The Labute approximate surface area is 146 Å². The summed E-state index contributed by atoms with van der Waals surface area (Å²) in [6.45, 7) is 3.42. The summed E-state index contributed by atoms with van der Waals surface area (Å²) in [5, 5.41) is 10.3. The Balaban J connectivity index is 1.71. The maximum atomic E-state index is 12.8. The predicted molar refractivity (Wildman–Crippen MR) is 89.5 cm³/mol. The van der Waals surface area contributed by atoms with Crippen LogP contribution in [0.15, 0.2) is 12.4 Å². The van der Waals surface area contributed by atoms with Gasteiger partial charge in [0.2, 0.25) is 5.91 Å². The molecule has 1 aromatic rings. The fourth-order valence-corrected chi connectivity index (χ4v) is 4.25. The van der Waals surface area contributed by atoms with Crippen molar-refractivity contribution in [2.45, 2.75) is 25.8 Å². The van der Waals surface area contributed by atoms with E-state index in [0.717, 1.165) is 44.5 Å². The number of aliphatic hydroxyl groups is 1. The normalized spacial score (nSPS) is 25.5. The van der Waals surface area contributed by atoms with Crippen LogP contribution in [0.2, 0.25) is 10.0 Å². The molecule has 0 bridgehead atoms. The summed E-state index contributed by atoms with van der Waals surface area (Å²) in [6, 6.07) is 0. The van der Waals surface area contributed by atoms with E-state index in [1.807, 2.05) is 0 Å². The first-order valence-electron chi connectivity index (χ1n) is 7.96. The lowest BCUT2D eigenvalue weighted by atomic mass is 9.78. The van der Waals surface area contributed by atoms with Crippen LogP contribution in [-0.2, 0) is 11.3 Å². The van der Waals surface area contributed by atoms with Gasteiger partial charge in [-0.05, 0) is 25.8 Å². The molecule has 126 valence electrons. The molecule has 23 heavy (non-hydrogen) atoms. The Hall–Kier alpha value is -0.880. The highest BCUT2D eigenvalue weighted by Gasteiger charge is 2.48. The van der Waals surface area contributed by atoms with E-state index in [4.69, 9.17) is 28.3 Å². The van der Waals surface area contributed by atoms with Gasteiger partial charge in [-0.15, -0.1) is 0 Å². The van der Waals surface area contributed by atoms with Gasteiger partial charge in [-0.25, -0.2) is 0 Å². The Bertz CT molecular complexity index is 576. The van der Waals surface area contributed by atoms with Gasteiger partial charge < -0.3 is 10.0 Å². The van der Waals surface area contributed by atoms with Gasteiger partial charge in [0.05, 0.1) is 22.1 Å². The van der Waals surface area contributed by atoms with Crippen molar-refractivity contribution in [2.75, 3.05) is 32.8 Å². The zero-order valence-corrected chi connectivity index (χ0v) is 14.5. The van der Waals surface area contributed by atoms with Crippen molar-refractivity contribution in [3.8, 4) is 0 Å². The van der Waals surface area contributed by atoms with Gasteiger partial charge in [0.1, 0.15) is 0 Å². The first-order valence-corrected chi connectivity index (χ1v) is 8.72. The molecule has 1 aromatic heterocycles. The van der Waals surface area contributed by atoms with Crippen molar-refractivity contribution in [3.63, 3.8) is 0 Å². The number of nitrogens with zero attached hydrogens (tertiary/aromatic N) is 3.